The molecule has 132 valence electrons. The number of carbonyl (C=O) groups excluding carboxylic acids is 2. The molecule has 26 heavy (non-hydrogen) atoms. The van der Waals surface area contributed by atoms with Crippen LogP contribution in [0, 0.1) is 15.9 Å². The van der Waals surface area contributed by atoms with E-state index in [9.17, 15) is 24.1 Å². The lowest BCUT2D eigenvalue weighted by atomic mass is 10.2. The van der Waals surface area contributed by atoms with Crippen LogP contribution in [0.2, 0.25) is 0 Å². The van der Waals surface area contributed by atoms with Crippen LogP contribution in [0.25, 0.3) is 6.08 Å². The molecule has 7 nitrogen and oxygen atoms in total. The molecule has 0 aromatic heterocycles. The number of hydrogen-bond donors (Lipinski definition) is 1. The molecule has 1 saturated heterocycles. The second kappa shape index (κ2) is 7.36. The molecule has 2 aromatic rings. The summed E-state index contributed by atoms with van der Waals surface area (Å²) in [5.41, 5.74) is 0.782. The zero-order valence-corrected chi connectivity index (χ0v) is 14.0. The molecule has 0 spiro atoms. The number of carbonyl (C=O) groups is 2. The van der Waals surface area contributed by atoms with Gasteiger partial charge in [0.15, 0.2) is 0 Å². The zero-order chi connectivity index (χ0) is 18.7. The molecule has 0 aliphatic carbocycles. The van der Waals surface area contributed by atoms with Gasteiger partial charge in [0.2, 0.25) is 0 Å². The summed E-state index contributed by atoms with van der Waals surface area (Å²) >= 11 is 0.754. The minimum Gasteiger partial charge on any atom is -0.367 e. The highest BCUT2D eigenvalue weighted by Gasteiger charge is 2.34. The van der Waals surface area contributed by atoms with Crippen LogP contribution in [0.15, 0.2) is 53.4 Å². The molecule has 0 unspecified atom stereocenters. The van der Waals surface area contributed by atoms with Crippen LogP contribution in [0.1, 0.15) is 5.56 Å². The van der Waals surface area contributed by atoms with Crippen molar-refractivity contribution in [3.63, 3.8) is 0 Å². The number of nitro groups is 1. The third-order valence-electron chi connectivity index (χ3n) is 3.52. The average Bonchev–Trinajstić information content (AvgIpc) is 2.87. The molecule has 0 atom stereocenters. The summed E-state index contributed by atoms with van der Waals surface area (Å²) < 4.78 is 13.2. The molecule has 2 amide bonds. The smallest absolute Gasteiger partial charge is 0.295 e. The first-order valence-corrected chi connectivity index (χ1v) is 8.25. The molecule has 1 N–H and O–H groups in total. The summed E-state index contributed by atoms with van der Waals surface area (Å²) in [6, 6.07) is 11.4. The van der Waals surface area contributed by atoms with Gasteiger partial charge in [0.1, 0.15) is 5.82 Å². The normalized spacial score (nSPS) is 15.6. The summed E-state index contributed by atoms with van der Waals surface area (Å²) in [4.78, 5) is 35.8. The standard InChI is InChI=1S/C17H12FN3O4S/c18-12-4-1-3-11(7-12)8-15-16(22)20(17(23)26-15)10-19-13-5-2-6-14(9-13)21(24)25/h1-9,19H,10H2. The van der Waals surface area contributed by atoms with Crippen molar-refractivity contribution in [3.8, 4) is 0 Å². The maximum atomic E-state index is 13.2. The Kier molecular flexibility index (Phi) is 4.99. The highest BCUT2D eigenvalue weighted by atomic mass is 32.2. The number of anilines is 1. The van der Waals surface area contributed by atoms with E-state index in [1.54, 1.807) is 12.1 Å². The summed E-state index contributed by atoms with van der Waals surface area (Å²) in [5.74, 6) is -0.951. The van der Waals surface area contributed by atoms with E-state index in [1.165, 1.54) is 42.5 Å². The predicted octanol–water partition coefficient (Wildman–Crippen LogP) is 3.84. The third kappa shape index (κ3) is 3.89. The fourth-order valence-electron chi connectivity index (χ4n) is 2.28. The molecular formula is C17H12FN3O4S. The summed E-state index contributed by atoms with van der Waals surface area (Å²) in [7, 11) is 0. The number of halogens is 1. The quantitative estimate of drug-likeness (QED) is 0.486. The topological polar surface area (TPSA) is 92.6 Å². The predicted molar refractivity (Wildman–Crippen MR) is 95.8 cm³/mol. The molecule has 9 heteroatoms. The van der Waals surface area contributed by atoms with Crippen molar-refractivity contribution in [1.82, 2.24) is 4.90 Å². The number of rotatable bonds is 5. The Bertz CT molecular complexity index is 932. The third-order valence-corrected chi connectivity index (χ3v) is 4.43. The van der Waals surface area contributed by atoms with Gasteiger partial charge in [-0.1, -0.05) is 18.2 Å². The van der Waals surface area contributed by atoms with Gasteiger partial charge in [-0.05, 0) is 41.6 Å². The molecule has 1 aliphatic rings. The first-order valence-electron chi connectivity index (χ1n) is 7.43. The van der Waals surface area contributed by atoms with Crippen LogP contribution in [0.3, 0.4) is 0 Å². The Morgan fingerprint density at radius 1 is 1.19 bits per heavy atom. The van der Waals surface area contributed by atoms with Gasteiger partial charge in [-0.25, -0.2) is 4.39 Å². The van der Waals surface area contributed by atoms with Gasteiger partial charge in [0.25, 0.3) is 16.8 Å². The van der Waals surface area contributed by atoms with Gasteiger partial charge in [-0.15, -0.1) is 0 Å². The Morgan fingerprint density at radius 2 is 1.96 bits per heavy atom. The van der Waals surface area contributed by atoms with Crippen molar-refractivity contribution in [3.05, 3.63) is 74.9 Å². The van der Waals surface area contributed by atoms with E-state index in [0.717, 1.165) is 16.7 Å². The first-order chi connectivity index (χ1) is 12.4. The van der Waals surface area contributed by atoms with E-state index < -0.39 is 21.9 Å². The van der Waals surface area contributed by atoms with E-state index in [2.05, 4.69) is 5.32 Å². The highest BCUT2D eigenvalue weighted by Crippen LogP contribution is 2.32. The number of non-ortho nitro benzene ring substituents is 1. The maximum absolute atomic E-state index is 13.2. The number of amides is 2. The lowest BCUT2D eigenvalue weighted by Crippen LogP contribution is -2.33. The molecule has 0 bridgehead atoms. The summed E-state index contributed by atoms with van der Waals surface area (Å²) in [6.07, 6.45) is 1.45. The lowest BCUT2D eigenvalue weighted by Gasteiger charge is -2.14. The van der Waals surface area contributed by atoms with Crippen molar-refractivity contribution in [2.75, 3.05) is 12.0 Å². The Morgan fingerprint density at radius 3 is 2.69 bits per heavy atom. The zero-order valence-electron chi connectivity index (χ0n) is 13.2. The number of thioether (sulfide) groups is 1. The van der Waals surface area contributed by atoms with Crippen LogP contribution in [0.4, 0.5) is 20.6 Å². The lowest BCUT2D eigenvalue weighted by molar-refractivity contribution is -0.384. The second-order valence-electron chi connectivity index (χ2n) is 5.31. The Labute approximate surface area is 151 Å². The van der Waals surface area contributed by atoms with Crippen molar-refractivity contribution in [2.45, 2.75) is 0 Å². The van der Waals surface area contributed by atoms with Gasteiger partial charge >= 0.3 is 0 Å². The van der Waals surface area contributed by atoms with Gasteiger partial charge < -0.3 is 5.32 Å². The molecule has 0 saturated carbocycles. The van der Waals surface area contributed by atoms with E-state index in [-0.39, 0.29) is 17.3 Å². The van der Waals surface area contributed by atoms with Crippen LogP contribution in [0.5, 0.6) is 0 Å². The second-order valence-corrected chi connectivity index (χ2v) is 6.30. The number of nitrogens with zero attached hydrogens (tertiary/aromatic N) is 2. The van der Waals surface area contributed by atoms with Gasteiger partial charge in [0.05, 0.1) is 16.5 Å². The van der Waals surface area contributed by atoms with Crippen LogP contribution >= 0.6 is 11.8 Å². The Hall–Kier alpha value is -3.20. The van der Waals surface area contributed by atoms with Crippen molar-refractivity contribution >= 4 is 40.4 Å². The molecule has 2 aromatic carbocycles. The summed E-state index contributed by atoms with van der Waals surface area (Å²) in [6.45, 7) is -0.133. The maximum Gasteiger partial charge on any atom is 0.295 e. The van der Waals surface area contributed by atoms with Gasteiger partial charge in [-0.3, -0.25) is 24.6 Å². The van der Waals surface area contributed by atoms with E-state index in [0.29, 0.717) is 11.3 Å². The number of benzene rings is 2. The molecule has 3 rings (SSSR count). The number of nitrogens with one attached hydrogen (secondary N) is 1. The minimum absolute atomic E-state index is 0.102. The largest absolute Gasteiger partial charge is 0.367 e. The van der Waals surface area contributed by atoms with E-state index >= 15 is 0 Å². The average molecular weight is 373 g/mol. The molecule has 1 heterocycles. The molecule has 0 radical (unpaired) electrons. The molecule has 1 aliphatic heterocycles. The van der Waals surface area contributed by atoms with E-state index in [1.807, 2.05) is 0 Å². The van der Waals surface area contributed by atoms with Crippen LogP contribution in [-0.2, 0) is 4.79 Å². The number of hydrogen-bond acceptors (Lipinski definition) is 6. The van der Waals surface area contributed by atoms with Gasteiger partial charge in [0, 0.05) is 17.8 Å². The highest BCUT2D eigenvalue weighted by molar-refractivity contribution is 8.18. The molecular weight excluding hydrogens is 361 g/mol. The number of imide groups is 1. The number of nitro benzene ring substituents is 1. The SMILES string of the molecule is O=C1SC(=Cc2cccc(F)c2)C(=O)N1CNc1cccc([N+](=O)[O-])c1. The van der Waals surface area contributed by atoms with Crippen LogP contribution < -0.4 is 5.32 Å². The van der Waals surface area contributed by atoms with Crippen molar-refractivity contribution < 1.29 is 18.9 Å². The van der Waals surface area contributed by atoms with Crippen molar-refractivity contribution in [2.24, 2.45) is 0 Å². The minimum atomic E-state index is -0.535. The summed E-state index contributed by atoms with van der Waals surface area (Å²) in [5, 5.41) is 13.1. The van der Waals surface area contributed by atoms with Crippen molar-refractivity contribution in [1.29, 1.82) is 0 Å². The fraction of sp³-hybridized carbons (Fsp3) is 0.0588. The van der Waals surface area contributed by atoms with Gasteiger partial charge in [-0.2, -0.15) is 0 Å². The van der Waals surface area contributed by atoms with E-state index in [4.69, 9.17) is 0 Å². The monoisotopic (exact) mass is 373 g/mol. The fourth-order valence-corrected chi connectivity index (χ4v) is 3.12. The Balaban J connectivity index is 1.71. The van der Waals surface area contributed by atoms with Crippen LogP contribution in [-0.4, -0.2) is 27.6 Å². The first kappa shape index (κ1) is 17.6. The molecule has 1 fully saturated rings.